The van der Waals surface area contributed by atoms with Gasteiger partial charge in [-0.05, 0) is 55.8 Å². The van der Waals surface area contributed by atoms with Crippen LogP contribution in [0, 0.1) is 5.82 Å². The molecule has 0 radical (unpaired) electrons. The zero-order valence-corrected chi connectivity index (χ0v) is 12.7. The van der Waals surface area contributed by atoms with Crippen molar-refractivity contribution in [2.45, 2.75) is 33.3 Å². The number of halogens is 2. The molecule has 0 saturated carbocycles. The largest absolute Gasteiger partial charge is 0.444 e. The lowest BCUT2D eigenvalue weighted by atomic mass is 10.1. The van der Waals surface area contributed by atoms with Crippen LogP contribution in [0.1, 0.15) is 38.1 Å². The van der Waals surface area contributed by atoms with Gasteiger partial charge < -0.3 is 4.74 Å². The summed E-state index contributed by atoms with van der Waals surface area (Å²) in [7, 11) is 0. The third-order valence-corrected chi connectivity index (χ3v) is 2.68. The molecule has 0 saturated heterocycles. The normalized spacial score (nSPS) is 11.1. The van der Waals surface area contributed by atoms with Crippen LogP contribution in [-0.2, 0) is 4.74 Å². The van der Waals surface area contributed by atoms with E-state index in [1.54, 1.807) is 20.8 Å². The molecule has 4 nitrogen and oxygen atoms in total. The summed E-state index contributed by atoms with van der Waals surface area (Å²) in [5, 5.41) is 2.37. The highest BCUT2D eigenvalue weighted by Gasteiger charge is 2.19. The topological polar surface area (TPSA) is 55.4 Å². The van der Waals surface area contributed by atoms with Crippen molar-refractivity contribution in [2.75, 3.05) is 5.32 Å². The lowest BCUT2D eigenvalue weighted by Crippen LogP contribution is -2.27. The van der Waals surface area contributed by atoms with Gasteiger partial charge in [0.05, 0.1) is 10.2 Å². The second kappa shape index (κ2) is 5.69. The minimum atomic E-state index is -0.739. The smallest absolute Gasteiger partial charge is 0.412 e. The molecule has 0 spiro atoms. The van der Waals surface area contributed by atoms with Crippen LogP contribution in [0.5, 0.6) is 0 Å². The molecule has 0 aliphatic rings. The quantitative estimate of drug-likeness (QED) is 0.828. The molecule has 0 unspecified atom stereocenters. The van der Waals surface area contributed by atoms with Crippen LogP contribution in [0.15, 0.2) is 16.6 Å². The molecule has 1 N–H and O–H groups in total. The van der Waals surface area contributed by atoms with Crippen molar-refractivity contribution in [2.24, 2.45) is 0 Å². The van der Waals surface area contributed by atoms with Crippen LogP contribution in [0.25, 0.3) is 0 Å². The van der Waals surface area contributed by atoms with Crippen molar-refractivity contribution in [3.05, 3.63) is 28.0 Å². The van der Waals surface area contributed by atoms with Crippen LogP contribution < -0.4 is 5.32 Å². The molecule has 104 valence electrons. The maximum atomic E-state index is 13.5. The van der Waals surface area contributed by atoms with E-state index < -0.39 is 17.5 Å². The van der Waals surface area contributed by atoms with Gasteiger partial charge in [0.15, 0.2) is 5.78 Å². The molecular formula is C13H15BrFNO3. The van der Waals surface area contributed by atoms with Crippen LogP contribution >= 0.6 is 15.9 Å². The Balaban J connectivity index is 3.03. The van der Waals surface area contributed by atoms with Gasteiger partial charge in [0.1, 0.15) is 11.4 Å². The van der Waals surface area contributed by atoms with Crippen molar-refractivity contribution in [3.8, 4) is 0 Å². The number of benzene rings is 1. The van der Waals surface area contributed by atoms with Gasteiger partial charge in [0.25, 0.3) is 0 Å². The van der Waals surface area contributed by atoms with E-state index in [-0.39, 0.29) is 21.5 Å². The predicted molar refractivity (Wildman–Crippen MR) is 74.0 cm³/mol. The fourth-order valence-corrected chi connectivity index (χ4v) is 1.70. The van der Waals surface area contributed by atoms with E-state index in [0.717, 1.165) is 6.07 Å². The zero-order chi connectivity index (χ0) is 14.8. The van der Waals surface area contributed by atoms with Gasteiger partial charge >= 0.3 is 6.09 Å². The second-order valence-corrected chi connectivity index (χ2v) is 5.85. The number of Topliss-reactive ketones (excluding diaryl/α,β-unsaturated/α-hetero) is 1. The highest BCUT2D eigenvalue weighted by molar-refractivity contribution is 9.10. The first-order chi connectivity index (χ1) is 8.60. The summed E-state index contributed by atoms with van der Waals surface area (Å²) in [4.78, 5) is 23.1. The Labute approximate surface area is 119 Å². The number of anilines is 1. The summed E-state index contributed by atoms with van der Waals surface area (Å²) in [6.07, 6.45) is -0.739. The molecule has 6 heteroatoms. The molecule has 1 aromatic rings. The first kappa shape index (κ1) is 15.6. The number of ketones is 1. The maximum absolute atomic E-state index is 13.5. The van der Waals surface area contributed by atoms with Gasteiger partial charge in [-0.3, -0.25) is 10.1 Å². The standard InChI is InChI=1S/C13H15BrFNO3/c1-7(17)8-5-9(14)10(15)6-11(8)16-12(18)19-13(2,3)4/h5-6H,1-4H3,(H,16,18). The Morgan fingerprint density at radius 1 is 1.32 bits per heavy atom. The van der Waals surface area contributed by atoms with Crippen molar-refractivity contribution < 1.29 is 18.7 Å². The summed E-state index contributed by atoms with van der Waals surface area (Å²) in [5.74, 6) is -0.859. The third kappa shape index (κ3) is 4.63. The number of ether oxygens (including phenoxy) is 1. The first-order valence-corrected chi connectivity index (χ1v) is 6.39. The van der Waals surface area contributed by atoms with E-state index in [1.165, 1.54) is 13.0 Å². The second-order valence-electron chi connectivity index (χ2n) is 4.99. The first-order valence-electron chi connectivity index (χ1n) is 5.60. The third-order valence-electron chi connectivity index (χ3n) is 2.08. The van der Waals surface area contributed by atoms with Crippen molar-refractivity contribution in [3.63, 3.8) is 0 Å². The molecule has 0 bridgehead atoms. The predicted octanol–water partition coefficient (Wildman–Crippen LogP) is 4.14. The fraction of sp³-hybridized carbons (Fsp3) is 0.385. The lowest BCUT2D eigenvalue weighted by Gasteiger charge is -2.20. The molecule has 0 aromatic heterocycles. The Bertz CT molecular complexity index is 523. The van der Waals surface area contributed by atoms with E-state index in [0.29, 0.717) is 0 Å². The van der Waals surface area contributed by atoms with Crippen molar-refractivity contribution in [1.29, 1.82) is 0 Å². The Morgan fingerprint density at radius 3 is 2.37 bits per heavy atom. The van der Waals surface area contributed by atoms with Gasteiger partial charge in [-0.15, -0.1) is 0 Å². The number of carbonyl (C=O) groups excluding carboxylic acids is 2. The van der Waals surface area contributed by atoms with Crippen molar-refractivity contribution in [1.82, 2.24) is 0 Å². The molecule has 0 aliphatic carbocycles. The van der Waals surface area contributed by atoms with Gasteiger partial charge in [-0.25, -0.2) is 9.18 Å². The van der Waals surface area contributed by atoms with Gasteiger partial charge in [-0.1, -0.05) is 0 Å². The molecule has 0 aliphatic heterocycles. The van der Waals surface area contributed by atoms with Crippen LogP contribution in [0.2, 0.25) is 0 Å². The number of hydrogen-bond acceptors (Lipinski definition) is 3. The van der Waals surface area contributed by atoms with Crippen LogP contribution in [0.3, 0.4) is 0 Å². The summed E-state index contributed by atoms with van der Waals surface area (Å²) in [5.41, 5.74) is -0.379. The summed E-state index contributed by atoms with van der Waals surface area (Å²) in [6, 6.07) is 2.40. The van der Waals surface area contributed by atoms with Gasteiger partial charge in [0.2, 0.25) is 0 Å². The summed E-state index contributed by atoms with van der Waals surface area (Å²) < 4.78 is 18.7. The lowest BCUT2D eigenvalue weighted by molar-refractivity contribution is 0.0636. The van der Waals surface area contributed by atoms with Gasteiger partial charge in [0, 0.05) is 5.56 Å². The molecule has 1 rings (SSSR count). The fourth-order valence-electron chi connectivity index (χ4n) is 1.36. The molecule has 0 fully saturated rings. The Kier molecular flexibility index (Phi) is 4.68. The maximum Gasteiger partial charge on any atom is 0.412 e. The Morgan fingerprint density at radius 2 is 1.89 bits per heavy atom. The van der Waals surface area contributed by atoms with Crippen LogP contribution in [-0.4, -0.2) is 17.5 Å². The molecule has 0 heterocycles. The molecular weight excluding hydrogens is 317 g/mol. The highest BCUT2D eigenvalue weighted by Crippen LogP contribution is 2.25. The summed E-state index contributed by atoms with van der Waals surface area (Å²) >= 11 is 2.99. The number of carbonyl (C=O) groups is 2. The van der Waals surface area contributed by atoms with E-state index in [2.05, 4.69) is 21.2 Å². The minimum absolute atomic E-state index is 0.0856. The molecule has 19 heavy (non-hydrogen) atoms. The van der Waals surface area contributed by atoms with E-state index in [9.17, 15) is 14.0 Å². The number of hydrogen-bond donors (Lipinski definition) is 1. The monoisotopic (exact) mass is 331 g/mol. The average molecular weight is 332 g/mol. The van der Waals surface area contributed by atoms with E-state index in [1.807, 2.05) is 0 Å². The van der Waals surface area contributed by atoms with E-state index in [4.69, 9.17) is 4.74 Å². The molecule has 1 amide bonds. The molecule has 1 aromatic carbocycles. The summed E-state index contributed by atoms with van der Waals surface area (Å²) in [6.45, 7) is 6.46. The Hall–Kier alpha value is -1.43. The van der Waals surface area contributed by atoms with Crippen molar-refractivity contribution >= 4 is 33.5 Å². The number of amides is 1. The molecule has 0 atom stereocenters. The van der Waals surface area contributed by atoms with Crippen LogP contribution in [0.4, 0.5) is 14.9 Å². The SMILES string of the molecule is CC(=O)c1cc(Br)c(F)cc1NC(=O)OC(C)(C)C. The van der Waals surface area contributed by atoms with Gasteiger partial charge in [-0.2, -0.15) is 0 Å². The average Bonchev–Trinajstić information content (AvgIpc) is 2.19. The minimum Gasteiger partial charge on any atom is -0.444 e. The highest BCUT2D eigenvalue weighted by atomic mass is 79.9. The van der Waals surface area contributed by atoms with E-state index >= 15 is 0 Å². The zero-order valence-electron chi connectivity index (χ0n) is 11.1. The number of nitrogens with one attached hydrogen (secondary N) is 1. The number of rotatable bonds is 2.